The molecule has 0 saturated carbocycles. The molecule has 0 aliphatic rings. The summed E-state index contributed by atoms with van der Waals surface area (Å²) in [4.78, 5) is 0. The van der Waals surface area contributed by atoms with Gasteiger partial charge in [-0.1, -0.05) is 30.4 Å². The lowest BCUT2D eigenvalue weighted by Gasteiger charge is -2.12. The third kappa shape index (κ3) is 7.30. The Morgan fingerprint density at radius 3 is 1.96 bits per heavy atom. The lowest BCUT2D eigenvalue weighted by atomic mass is 10.1. The van der Waals surface area contributed by atoms with Gasteiger partial charge in [-0.15, -0.1) is 0 Å². The van der Waals surface area contributed by atoms with Crippen molar-refractivity contribution in [2.45, 2.75) is 6.42 Å². The van der Waals surface area contributed by atoms with Crippen LogP contribution in [0.4, 0.5) is 0 Å². The molecule has 6 nitrogen and oxygen atoms in total. The zero-order chi connectivity index (χ0) is 19.3. The highest BCUT2D eigenvalue weighted by atomic mass is 16.7. The second kappa shape index (κ2) is 12.0. The molecule has 0 bridgehead atoms. The average Bonchev–Trinajstić information content (AvgIpc) is 2.71. The summed E-state index contributed by atoms with van der Waals surface area (Å²) >= 11 is 0. The van der Waals surface area contributed by atoms with Gasteiger partial charge >= 0.3 is 0 Å². The van der Waals surface area contributed by atoms with E-state index in [1.165, 1.54) is 0 Å². The van der Waals surface area contributed by atoms with Gasteiger partial charge in [0.15, 0.2) is 20.4 Å². The second-order valence-electron chi connectivity index (χ2n) is 5.60. The van der Waals surface area contributed by atoms with E-state index in [1.807, 2.05) is 42.5 Å². The molecule has 2 rings (SSSR count). The number of hydrogen-bond acceptors (Lipinski definition) is 6. The van der Waals surface area contributed by atoms with E-state index in [4.69, 9.17) is 28.4 Å². The monoisotopic (exact) mass is 374 g/mol. The summed E-state index contributed by atoms with van der Waals surface area (Å²) in [5.41, 5.74) is 2.12. The Labute approximate surface area is 160 Å². The molecule has 0 fully saturated rings. The number of ether oxygens (including phenoxy) is 6. The topological polar surface area (TPSA) is 55.4 Å². The number of benzene rings is 2. The third-order valence-electron chi connectivity index (χ3n) is 3.59. The Bertz CT molecular complexity index is 696. The van der Waals surface area contributed by atoms with E-state index in [9.17, 15) is 0 Å². The van der Waals surface area contributed by atoms with Crippen LogP contribution in [0.2, 0.25) is 0 Å². The van der Waals surface area contributed by atoms with E-state index in [0.29, 0.717) is 12.2 Å². The van der Waals surface area contributed by atoms with Crippen molar-refractivity contribution in [3.8, 4) is 17.2 Å². The summed E-state index contributed by atoms with van der Waals surface area (Å²) in [6.45, 7) is 0.601. The van der Waals surface area contributed by atoms with Crippen molar-refractivity contribution in [3.63, 3.8) is 0 Å². The van der Waals surface area contributed by atoms with Crippen molar-refractivity contribution in [2.75, 3.05) is 41.7 Å². The minimum absolute atomic E-state index is 0.174. The van der Waals surface area contributed by atoms with Gasteiger partial charge in [0.1, 0.15) is 17.2 Å². The SMILES string of the molecule is COCOc1ccc(/C=C/Cc2ccc(OCOC)cc2OCOC)cc1. The molecule has 27 heavy (non-hydrogen) atoms. The zero-order valence-electron chi connectivity index (χ0n) is 16.0. The first-order valence-electron chi connectivity index (χ1n) is 8.51. The van der Waals surface area contributed by atoms with Gasteiger partial charge in [0, 0.05) is 27.4 Å². The quantitative estimate of drug-likeness (QED) is 0.526. The lowest BCUT2D eigenvalue weighted by molar-refractivity contribution is 0.0456. The predicted octanol–water partition coefficient (Wildman–Crippen LogP) is 3.89. The van der Waals surface area contributed by atoms with Crippen LogP contribution in [0.1, 0.15) is 11.1 Å². The largest absolute Gasteiger partial charge is 0.468 e. The van der Waals surface area contributed by atoms with Crippen LogP contribution in [0.5, 0.6) is 17.2 Å². The van der Waals surface area contributed by atoms with Gasteiger partial charge in [0.05, 0.1) is 0 Å². The molecule has 0 aromatic heterocycles. The van der Waals surface area contributed by atoms with Crippen LogP contribution in [-0.2, 0) is 20.6 Å². The normalized spacial score (nSPS) is 10.9. The van der Waals surface area contributed by atoms with E-state index in [1.54, 1.807) is 21.3 Å². The fourth-order valence-corrected chi connectivity index (χ4v) is 2.30. The summed E-state index contributed by atoms with van der Waals surface area (Å²) in [6, 6.07) is 13.5. The van der Waals surface area contributed by atoms with Crippen LogP contribution in [0.3, 0.4) is 0 Å². The van der Waals surface area contributed by atoms with Gasteiger partial charge < -0.3 is 28.4 Å². The maximum Gasteiger partial charge on any atom is 0.188 e. The molecule has 0 atom stereocenters. The van der Waals surface area contributed by atoms with Crippen LogP contribution >= 0.6 is 0 Å². The van der Waals surface area contributed by atoms with Crippen molar-refractivity contribution in [1.29, 1.82) is 0 Å². The highest BCUT2D eigenvalue weighted by Gasteiger charge is 2.05. The molecular formula is C21H26O6. The van der Waals surface area contributed by atoms with Crippen LogP contribution in [0.15, 0.2) is 48.5 Å². The molecule has 0 unspecified atom stereocenters. The number of methoxy groups -OCH3 is 3. The zero-order valence-corrected chi connectivity index (χ0v) is 16.0. The molecule has 0 aliphatic heterocycles. The Kier molecular flexibility index (Phi) is 9.20. The fourth-order valence-electron chi connectivity index (χ4n) is 2.30. The van der Waals surface area contributed by atoms with Crippen molar-refractivity contribution in [3.05, 3.63) is 59.7 Å². The van der Waals surface area contributed by atoms with Crippen LogP contribution in [0, 0.1) is 0 Å². The Morgan fingerprint density at radius 2 is 1.30 bits per heavy atom. The summed E-state index contributed by atoms with van der Waals surface area (Å²) in [6.07, 6.45) is 4.84. The minimum atomic E-state index is 0.174. The van der Waals surface area contributed by atoms with E-state index in [-0.39, 0.29) is 20.4 Å². The number of rotatable bonds is 12. The molecule has 0 heterocycles. The molecule has 0 aliphatic carbocycles. The molecule has 146 valence electrons. The van der Waals surface area contributed by atoms with Crippen LogP contribution < -0.4 is 14.2 Å². The smallest absolute Gasteiger partial charge is 0.188 e. The van der Waals surface area contributed by atoms with Gasteiger partial charge in [-0.2, -0.15) is 0 Å². The molecule has 6 heteroatoms. The first kappa shape index (κ1) is 20.8. The van der Waals surface area contributed by atoms with E-state index in [0.717, 1.165) is 22.6 Å². The van der Waals surface area contributed by atoms with Crippen molar-refractivity contribution in [1.82, 2.24) is 0 Å². The van der Waals surface area contributed by atoms with Gasteiger partial charge in [-0.25, -0.2) is 0 Å². The van der Waals surface area contributed by atoms with E-state index in [2.05, 4.69) is 12.2 Å². The van der Waals surface area contributed by atoms with Crippen LogP contribution in [-0.4, -0.2) is 41.7 Å². The van der Waals surface area contributed by atoms with Gasteiger partial charge in [0.2, 0.25) is 0 Å². The summed E-state index contributed by atoms with van der Waals surface area (Å²) < 4.78 is 31.3. The van der Waals surface area contributed by atoms with E-state index < -0.39 is 0 Å². The van der Waals surface area contributed by atoms with Crippen LogP contribution in [0.25, 0.3) is 6.08 Å². The first-order valence-corrected chi connectivity index (χ1v) is 8.51. The number of allylic oxidation sites excluding steroid dienone is 1. The molecule has 0 radical (unpaired) electrons. The van der Waals surface area contributed by atoms with Gasteiger partial charge in [-0.05, 0) is 35.7 Å². The molecule has 0 amide bonds. The predicted molar refractivity (Wildman–Crippen MR) is 103 cm³/mol. The lowest BCUT2D eigenvalue weighted by Crippen LogP contribution is -2.03. The average molecular weight is 374 g/mol. The maximum atomic E-state index is 5.66. The van der Waals surface area contributed by atoms with Crippen molar-refractivity contribution >= 4 is 6.08 Å². The summed E-state index contributed by atoms with van der Waals surface area (Å²) in [7, 11) is 4.76. The minimum Gasteiger partial charge on any atom is -0.468 e. The molecule has 2 aromatic carbocycles. The van der Waals surface area contributed by atoms with Crippen molar-refractivity contribution in [2.24, 2.45) is 0 Å². The number of hydrogen-bond donors (Lipinski definition) is 0. The molecule has 0 N–H and O–H groups in total. The fraction of sp³-hybridized carbons (Fsp3) is 0.333. The van der Waals surface area contributed by atoms with E-state index >= 15 is 0 Å². The van der Waals surface area contributed by atoms with Crippen molar-refractivity contribution < 1.29 is 28.4 Å². The highest BCUT2D eigenvalue weighted by molar-refractivity contribution is 5.52. The summed E-state index contributed by atoms with van der Waals surface area (Å²) in [5.74, 6) is 2.18. The molecular weight excluding hydrogens is 348 g/mol. The maximum absolute atomic E-state index is 5.66. The first-order chi connectivity index (χ1) is 13.3. The standard InChI is InChI=1S/C21H26O6/c1-22-14-25-19-10-7-17(8-11-19)5-4-6-18-9-12-20(26-15-23-2)13-21(18)27-16-24-3/h4-5,7-13H,6,14-16H2,1-3H3/b5-4+. The van der Waals surface area contributed by atoms with Gasteiger partial charge in [-0.3, -0.25) is 0 Å². The molecule has 2 aromatic rings. The third-order valence-corrected chi connectivity index (χ3v) is 3.59. The molecule has 0 spiro atoms. The second-order valence-corrected chi connectivity index (χ2v) is 5.60. The Hall–Kier alpha value is -2.54. The highest BCUT2D eigenvalue weighted by Crippen LogP contribution is 2.26. The molecule has 0 saturated heterocycles. The Balaban J connectivity index is 2.01. The van der Waals surface area contributed by atoms with Gasteiger partial charge in [0.25, 0.3) is 0 Å². The summed E-state index contributed by atoms with van der Waals surface area (Å²) in [5, 5.41) is 0. The Morgan fingerprint density at radius 1 is 0.704 bits per heavy atom.